The molecule has 0 saturated carbocycles. The van der Waals surface area contributed by atoms with Crippen LogP contribution >= 0.6 is 11.8 Å². The Kier molecular flexibility index (Phi) is 5.99. The number of amides is 2. The first-order valence-electron chi connectivity index (χ1n) is 9.83. The van der Waals surface area contributed by atoms with Gasteiger partial charge in [0, 0.05) is 23.6 Å². The van der Waals surface area contributed by atoms with Crippen LogP contribution in [0.15, 0.2) is 35.9 Å². The fraction of sp³-hybridized carbons (Fsp3) is 0.381. The molecule has 1 aliphatic heterocycles. The molecule has 2 aromatic rings. The van der Waals surface area contributed by atoms with E-state index in [0.717, 1.165) is 36.3 Å². The lowest BCUT2D eigenvalue weighted by atomic mass is 9.97. The van der Waals surface area contributed by atoms with Crippen molar-refractivity contribution in [1.82, 2.24) is 15.1 Å². The number of aromatic nitrogens is 2. The van der Waals surface area contributed by atoms with E-state index in [1.165, 1.54) is 30.5 Å². The lowest BCUT2D eigenvalue weighted by Crippen LogP contribution is -2.36. The average Bonchev–Trinajstić information content (AvgIpc) is 3.32. The first-order valence-corrected chi connectivity index (χ1v) is 11.0. The quantitative estimate of drug-likeness (QED) is 0.578. The maximum atomic E-state index is 13.3. The summed E-state index contributed by atoms with van der Waals surface area (Å²) in [5.41, 5.74) is 3.76. The van der Waals surface area contributed by atoms with E-state index in [4.69, 9.17) is 0 Å². The lowest BCUT2D eigenvalue weighted by molar-refractivity contribution is -0.136. The average molecular weight is 415 g/mol. The number of nitrogens with one attached hydrogen (secondary N) is 2. The summed E-state index contributed by atoms with van der Waals surface area (Å²) in [7, 11) is 0. The van der Waals surface area contributed by atoms with Crippen molar-refractivity contribution in [2.75, 3.05) is 11.9 Å². The molecule has 2 aliphatic rings. The molecule has 2 N–H and O–H groups in total. The van der Waals surface area contributed by atoms with Crippen molar-refractivity contribution in [3.63, 3.8) is 0 Å². The first-order chi connectivity index (χ1) is 14.1. The van der Waals surface area contributed by atoms with E-state index in [2.05, 4.69) is 21.8 Å². The second-order valence-electron chi connectivity index (χ2n) is 7.22. The summed E-state index contributed by atoms with van der Waals surface area (Å²) < 4.78 is 14.8. The molecule has 1 aliphatic carbocycles. The Labute approximate surface area is 172 Å². The molecule has 8 heteroatoms. The van der Waals surface area contributed by atoms with Gasteiger partial charge in [0.1, 0.15) is 11.6 Å². The van der Waals surface area contributed by atoms with E-state index in [9.17, 15) is 14.0 Å². The normalized spacial score (nSPS) is 15.6. The van der Waals surface area contributed by atoms with Crippen LogP contribution in [0.4, 0.5) is 10.2 Å². The van der Waals surface area contributed by atoms with Crippen molar-refractivity contribution >= 4 is 29.4 Å². The number of hydrogen-bond donors (Lipinski definition) is 2. The predicted octanol–water partition coefficient (Wildman–Crippen LogP) is 3.70. The standard InChI is InChI=1S/C21H23FN4O2S/c22-15-6-8-16(9-7-15)26-19(17-12-29-13-18(17)25-26)24-21(28)20(27)23-11-10-14-4-2-1-3-5-14/h4,6-9H,1-3,5,10-13H2,(H,23,27)(H,24,28). The SMILES string of the molecule is O=C(NCCC1=CCCCC1)C(=O)Nc1c2c(nn1-c1ccc(F)cc1)CSC2. The minimum atomic E-state index is -0.717. The Balaban J connectivity index is 1.44. The van der Waals surface area contributed by atoms with Crippen molar-refractivity contribution in [2.24, 2.45) is 0 Å². The van der Waals surface area contributed by atoms with Crippen LogP contribution in [0.3, 0.4) is 0 Å². The molecule has 2 heterocycles. The van der Waals surface area contributed by atoms with Crippen molar-refractivity contribution in [1.29, 1.82) is 0 Å². The highest BCUT2D eigenvalue weighted by Gasteiger charge is 2.26. The van der Waals surface area contributed by atoms with Crippen LogP contribution < -0.4 is 10.6 Å². The number of benzene rings is 1. The van der Waals surface area contributed by atoms with Crippen LogP contribution in [-0.4, -0.2) is 28.1 Å². The summed E-state index contributed by atoms with van der Waals surface area (Å²) in [5, 5.41) is 9.97. The Morgan fingerprint density at radius 3 is 2.72 bits per heavy atom. The molecule has 29 heavy (non-hydrogen) atoms. The zero-order valence-electron chi connectivity index (χ0n) is 16.0. The van der Waals surface area contributed by atoms with Gasteiger partial charge in [-0.3, -0.25) is 9.59 Å². The third kappa shape index (κ3) is 4.53. The van der Waals surface area contributed by atoms with E-state index < -0.39 is 11.8 Å². The molecule has 0 unspecified atom stereocenters. The summed E-state index contributed by atoms with van der Waals surface area (Å²) in [6, 6.07) is 5.88. The number of rotatable bonds is 5. The number of carbonyl (C=O) groups is 2. The third-order valence-corrected chi connectivity index (χ3v) is 6.15. The molecule has 0 bridgehead atoms. The zero-order chi connectivity index (χ0) is 20.2. The molecule has 2 amide bonds. The van der Waals surface area contributed by atoms with Gasteiger partial charge >= 0.3 is 11.8 Å². The highest BCUT2D eigenvalue weighted by Crippen LogP contribution is 2.36. The van der Waals surface area contributed by atoms with Gasteiger partial charge in [-0.1, -0.05) is 11.6 Å². The molecule has 1 aromatic heterocycles. The Bertz CT molecular complexity index is 952. The summed E-state index contributed by atoms with van der Waals surface area (Å²) >= 11 is 1.70. The zero-order valence-corrected chi connectivity index (χ0v) is 16.9. The van der Waals surface area contributed by atoms with Gasteiger partial charge in [-0.05, 0) is 56.4 Å². The molecule has 0 spiro atoms. The van der Waals surface area contributed by atoms with Gasteiger partial charge in [-0.25, -0.2) is 9.07 Å². The van der Waals surface area contributed by atoms with Gasteiger partial charge in [0.2, 0.25) is 0 Å². The number of allylic oxidation sites excluding steroid dienone is 1. The maximum absolute atomic E-state index is 13.3. The van der Waals surface area contributed by atoms with Crippen molar-refractivity contribution in [3.8, 4) is 5.69 Å². The summed E-state index contributed by atoms with van der Waals surface area (Å²) in [6.07, 6.45) is 7.60. The van der Waals surface area contributed by atoms with Crippen LogP contribution in [0.2, 0.25) is 0 Å². The number of thioether (sulfide) groups is 1. The monoisotopic (exact) mass is 414 g/mol. The van der Waals surface area contributed by atoms with E-state index in [-0.39, 0.29) is 5.82 Å². The predicted molar refractivity (Wildman–Crippen MR) is 111 cm³/mol. The molecule has 0 atom stereocenters. The van der Waals surface area contributed by atoms with E-state index in [1.54, 1.807) is 28.6 Å². The largest absolute Gasteiger partial charge is 0.348 e. The van der Waals surface area contributed by atoms with Crippen LogP contribution in [0.1, 0.15) is 43.4 Å². The van der Waals surface area contributed by atoms with Crippen molar-refractivity contribution in [2.45, 2.75) is 43.6 Å². The summed E-state index contributed by atoms with van der Waals surface area (Å²) in [6.45, 7) is 0.448. The molecule has 6 nitrogen and oxygen atoms in total. The molecule has 0 fully saturated rings. The highest BCUT2D eigenvalue weighted by molar-refractivity contribution is 7.98. The van der Waals surface area contributed by atoms with Gasteiger partial charge in [-0.2, -0.15) is 16.9 Å². The smallest absolute Gasteiger partial charge is 0.314 e. The van der Waals surface area contributed by atoms with Crippen LogP contribution in [-0.2, 0) is 21.1 Å². The Morgan fingerprint density at radius 1 is 1.14 bits per heavy atom. The minimum Gasteiger partial charge on any atom is -0.348 e. The third-order valence-electron chi connectivity index (χ3n) is 5.18. The number of halogens is 1. The van der Waals surface area contributed by atoms with Gasteiger partial charge in [0.05, 0.1) is 11.4 Å². The number of fused-ring (bicyclic) bond motifs is 1. The van der Waals surface area contributed by atoms with E-state index in [0.29, 0.717) is 23.8 Å². The number of carbonyl (C=O) groups excluding carboxylic acids is 2. The molecular formula is C21H23FN4O2S. The molecule has 0 saturated heterocycles. The lowest BCUT2D eigenvalue weighted by Gasteiger charge is -2.13. The summed E-state index contributed by atoms with van der Waals surface area (Å²) in [4.78, 5) is 24.8. The second-order valence-corrected chi connectivity index (χ2v) is 8.21. The van der Waals surface area contributed by atoms with Gasteiger partial charge < -0.3 is 10.6 Å². The minimum absolute atomic E-state index is 0.345. The molecular weight excluding hydrogens is 391 g/mol. The van der Waals surface area contributed by atoms with Crippen LogP contribution in [0.25, 0.3) is 5.69 Å². The van der Waals surface area contributed by atoms with E-state index in [1.807, 2.05) is 0 Å². The van der Waals surface area contributed by atoms with Crippen LogP contribution in [0.5, 0.6) is 0 Å². The van der Waals surface area contributed by atoms with Crippen molar-refractivity contribution in [3.05, 3.63) is 53.0 Å². The highest BCUT2D eigenvalue weighted by atomic mass is 32.2. The molecule has 4 rings (SSSR count). The Hall–Kier alpha value is -2.61. The second kappa shape index (κ2) is 8.82. The van der Waals surface area contributed by atoms with Gasteiger partial charge in [0.25, 0.3) is 0 Å². The van der Waals surface area contributed by atoms with Gasteiger partial charge in [0.15, 0.2) is 0 Å². The fourth-order valence-electron chi connectivity index (χ4n) is 3.62. The summed E-state index contributed by atoms with van der Waals surface area (Å²) in [5.74, 6) is 0.211. The fourth-order valence-corrected chi connectivity index (χ4v) is 4.66. The van der Waals surface area contributed by atoms with Gasteiger partial charge in [-0.15, -0.1) is 0 Å². The van der Waals surface area contributed by atoms with Crippen molar-refractivity contribution < 1.29 is 14.0 Å². The molecule has 0 radical (unpaired) electrons. The number of hydrogen-bond acceptors (Lipinski definition) is 4. The maximum Gasteiger partial charge on any atom is 0.314 e. The Morgan fingerprint density at radius 2 is 1.97 bits per heavy atom. The topological polar surface area (TPSA) is 76.0 Å². The number of anilines is 1. The first kappa shape index (κ1) is 19.7. The molecule has 1 aromatic carbocycles. The van der Waals surface area contributed by atoms with Crippen LogP contribution in [0, 0.1) is 5.82 Å². The van der Waals surface area contributed by atoms with E-state index >= 15 is 0 Å². The number of nitrogens with zero attached hydrogens (tertiary/aromatic N) is 2. The molecule has 152 valence electrons.